The van der Waals surface area contributed by atoms with E-state index in [0.717, 1.165) is 33.4 Å². The number of rotatable bonds is 3. The zero-order valence-corrected chi connectivity index (χ0v) is 42.8. The fourth-order valence-corrected chi connectivity index (χ4v) is 14.4. The van der Waals surface area contributed by atoms with Crippen molar-refractivity contribution in [1.29, 1.82) is 0 Å². The van der Waals surface area contributed by atoms with Crippen molar-refractivity contribution < 1.29 is 4.42 Å². The van der Waals surface area contributed by atoms with Crippen molar-refractivity contribution in [2.45, 2.75) is 71.6 Å². The van der Waals surface area contributed by atoms with E-state index in [1.807, 2.05) is 11.3 Å². The molecule has 0 radical (unpaired) electrons. The van der Waals surface area contributed by atoms with Crippen LogP contribution in [0, 0.1) is 0 Å². The van der Waals surface area contributed by atoms with Crippen LogP contribution in [0.1, 0.15) is 77.6 Å². The summed E-state index contributed by atoms with van der Waals surface area (Å²) < 4.78 is 12.6. The molecule has 2 aliphatic heterocycles. The Kier molecular flexibility index (Phi) is 8.37. The van der Waals surface area contributed by atoms with Crippen LogP contribution in [0.25, 0.3) is 103 Å². The van der Waals surface area contributed by atoms with Gasteiger partial charge < -0.3 is 13.8 Å². The molecular formula is C67H53BN2OS. The molecule has 5 heterocycles. The van der Waals surface area contributed by atoms with Crippen molar-refractivity contribution in [3.8, 4) is 50.4 Å². The smallest absolute Gasteiger partial charge is 0.333 e. The maximum atomic E-state index is 7.31. The second-order valence-corrected chi connectivity index (χ2v) is 24.3. The van der Waals surface area contributed by atoms with Gasteiger partial charge in [-0.2, -0.15) is 0 Å². The fourth-order valence-electron chi connectivity index (χ4n) is 13.1. The van der Waals surface area contributed by atoms with Crippen LogP contribution >= 0.6 is 11.3 Å². The third kappa shape index (κ3) is 5.58. The Morgan fingerprint density at radius 3 is 1.96 bits per heavy atom. The number of fused-ring (bicyclic) bond motifs is 17. The maximum Gasteiger partial charge on any atom is 0.333 e. The van der Waals surface area contributed by atoms with E-state index in [1.165, 1.54) is 114 Å². The van der Waals surface area contributed by atoms with Crippen LogP contribution in [0.3, 0.4) is 0 Å². The van der Waals surface area contributed by atoms with E-state index in [4.69, 9.17) is 4.42 Å². The van der Waals surface area contributed by atoms with Crippen LogP contribution in [0.15, 0.2) is 180 Å². The summed E-state index contributed by atoms with van der Waals surface area (Å²) >= 11 is 1.96. The number of benzene rings is 9. The van der Waals surface area contributed by atoms with E-state index in [0.29, 0.717) is 0 Å². The van der Waals surface area contributed by atoms with E-state index >= 15 is 0 Å². The third-order valence-corrected chi connectivity index (χ3v) is 17.9. The number of nitrogens with zero attached hydrogens (tertiary/aromatic N) is 2. The van der Waals surface area contributed by atoms with E-state index < -0.39 is 0 Å². The van der Waals surface area contributed by atoms with Gasteiger partial charge in [0.25, 0.3) is 0 Å². The fraction of sp³-hybridized carbons (Fsp3) is 0.164. The van der Waals surface area contributed by atoms with Gasteiger partial charge in [0, 0.05) is 75.5 Å². The van der Waals surface area contributed by atoms with Crippen LogP contribution in [-0.4, -0.2) is 11.4 Å². The summed E-state index contributed by atoms with van der Waals surface area (Å²) in [6.45, 7) is 18.6. The summed E-state index contributed by atoms with van der Waals surface area (Å²) in [6, 6.07) is 66.7. The predicted octanol–water partition coefficient (Wildman–Crippen LogP) is 17.4. The topological polar surface area (TPSA) is 21.3 Å². The summed E-state index contributed by atoms with van der Waals surface area (Å²) in [7, 11) is 0. The highest BCUT2D eigenvalue weighted by Gasteiger charge is 2.48. The number of furan rings is 1. The van der Waals surface area contributed by atoms with Gasteiger partial charge in [0.2, 0.25) is 0 Å². The van der Waals surface area contributed by atoms with Crippen LogP contribution in [0.5, 0.6) is 0 Å². The summed E-state index contributed by atoms with van der Waals surface area (Å²) in [6.07, 6.45) is 0. The molecule has 0 N–H and O–H groups in total. The zero-order chi connectivity index (χ0) is 48.7. The molecule has 346 valence electrons. The van der Waals surface area contributed by atoms with Gasteiger partial charge in [-0.15, -0.1) is 11.3 Å². The van der Waals surface area contributed by atoms with Crippen LogP contribution in [0.4, 0.5) is 11.4 Å². The van der Waals surface area contributed by atoms with Crippen molar-refractivity contribution in [2.24, 2.45) is 0 Å². The van der Waals surface area contributed by atoms with Crippen LogP contribution < -0.4 is 15.7 Å². The Morgan fingerprint density at radius 1 is 0.528 bits per heavy atom. The van der Waals surface area contributed by atoms with Crippen molar-refractivity contribution in [3.63, 3.8) is 0 Å². The number of thiophene rings is 1. The predicted molar refractivity (Wildman–Crippen MR) is 308 cm³/mol. The molecule has 72 heavy (non-hydrogen) atoms. The minimum atomic E-state index is -0.202. The van der Waals surface area contributed by atoms with Crippen LogP contribution in [-0.2, 0) is 16.2 Å². The van der Waals surface area contributed by atoms with E-state index in [2.05, 4.69) is 241 Å². The zero-order valence-electron chi connectivity index (χ0n) is 42.0. The van der Waals surface area contributed by atoms with E-state index in [1.54, 1.807) is 0 Å². The molecule has 0 spiro atoms. The highest BCUT2D eigenvalue weighted by atomic mass is 32.1. The molecule has 0 saturated carbocycles. The average Bonchev–Trinajstić information content (AvgIpc) is 4.12. The van der Waals surface area contributed by atoms with Crippen LogP contribution in [0.2, 0.25) is 0 Å². The Hall–Kier alpha value is -7.60. The first-order valence-electron chi connectivity index (χ1n) is 25.6. The molecule has 3 aliphatic rings. The molecule has 0 bridgehead atoms. The van der Waals surface area contributed by atoms with Crippen molar-refractivity contribution in [1.82, 2.24) is 4.57 Å². The number of hydrogen-bond acceptors (Lipinski definition) is 3. The summed E-state index contributed by atoms with van der Waals surface area (Å²) in [5.74, 6) is 0.891. The van der Waals surface area contributed by atoms with Gasteiger partial charge in [0.15, 0.2) is 0 Å². The number of anilines is 2. The van der Waals surface area contributed by atoms with Gasteiger partial charge in [-0.1, -0.05) is 177 Å². The Bertz CT molecular complexity index is 4310. The molecule has 5 heteroatoms. The summed E-state index contributed by atoms with van der Waals surface area (Å²) in [5.41, 5.74) is 23.4. The molecule has 3 aromatic heterocycles. The second kappa shape index (κ2) is 14.3. The van der Waals surface area contributed by atoms with Gasteiger partial charge in [0.1, 0.15) is 11.3 Å². The van der Waals surface area contributed by atoms with Gasteiger partial charge in [0.05, 0.1) is 11.0 Å². The lowest BCUT2D eigenvalue weighted by atomic mass is 9.43. The highest BCUT2D eigenvalue weighted by Crippen LogP contribution is 2.57. The largest absolute Gasteiger partial charge is 0.455 e. The minimum absolute atomic E-state index is 0.00142. The minimum Gasteiger partial charge on any atom is -0.455 e. The second-order valence-electron chi connectivity index (χ2n) is 23.2. The number of aromatic nitrogens is 1. The Morgan fingerprint density at radius 2 is 1.21 bits per heavy atom. The first-order chi connectivity index (χ1) is 34.8. The van der Waals surface area contributed by atoms with Crippen molar-refractivity contribution in [2.75, 3.05) is 4.81 Å². The molecule has 0 amide bonds. The summed E-state index contributed by atoms with van der Waals surface area (Å²) in [5, 5.41) is 6.45. The standard InChI is InChI=1S/C67H53BN2OS/c1-65(2,3)40-27-30-42(31-28-40)70-53-36-50-45(43-23-15-17-25-49(43)67(50,7)8)34-47(53)58-59-44-24-16-18-26-56(44)72-64(59)60-46-33-41(66(4,5)6)29-32-52(46)69-54-35-48-55(37-51(54)68(70)61(58)62(60)69)71-63(39-21-13-10-14-22-39)57(48)38-19-11-9-12-20-38/h9-37H,1-8H3. The maximum absolute atomic E-state index is 7.31. The molecule has 1 aliphatic carbocycles. The average molecular weight is 945 g/mol. The van der Waals surface area contributed by atoms with Gasteiger partial charge >= 0.3 is 6.85 Å². The SMILES string of the molecule is CC(C)(C)c1ccc(N2B3c4cc5oc(-c6ccccc6)c(-c6ccccc6)c5cc4-n4c5ccc(C(C)(C)C)cc5c5c6sc7ccccc7c6c(c3c54)-c3cc4c(cc32)C(C)(C)c2ccccc2-4)cc1. The Labute approximate surface area is 425 Å². The van der Waals surface area contributed by atoms with Gasteiger partial charge in [-0.05, 0) is 121 Å². The molecule has 9 aromatic carbocycles. The normalized spacial score (nSPS) is 14.4. The lowest BCUT2D eigenvalue weighted by molar-refractivity contribution is 0.590. The third-order valence-electron chi connectivity index (χ3n) is 16.7. The monoisotopic (exact) mass is 944 g/mol. The molecular weight excluding hydrogens is 892 g/mol. The van der Waals surface area contributed by atoms with Crippen molar-refractivity contribution in [3.05, 3.63) is 198 Å². The van der Waals surface area contributed by atoms with Gasteiger partial charge in [-0.25, -0.2) is 0 Å². The lowest BCUT2D eigenvalue weighted by Crippen LogP contribution is -2.60. The highest BCUT2D eigenvalue weighted by molar-refractivity contribution is 7.27. The molecule has 0 fully saturated rings. The number of hydrogen-bond donors (Lipinski definition) is 0. The Balaban J connectivity index is 1.17. The quantitative estimate of drug-likeness (QED) is 0.165. The molecule has 0 atom stereocenters. The molecule has 0 saturated heterocycles. The van der Waals surface area contributed by atoms with E-state index in [-0.39, 0.29) is 23.1 Å². The first kappa shape index (κ1) is 42.1. The van der Waals surface area contributed by atoms with E-state index in [9.17, 15) is 0 Å². The summed E-state index contributed by atoms with van der Waals surface area (Å²) in [4.78, 5) is 2.72. The van der Waals surface area contributed by atoms with Gasteiger partial charge in [-0.3, -0.25) is 0 Å². The van der Waals surface area contributed by atoms with Crippen molar-refractivity contribution >= 4 is 93.4 Å². The molecule has 15 rings (SSSR count). The lowest BCUT2D eigenvalue weighted by Gasteiger charge is -2.43. The first-order valence-corrected chi connectivity index (χ1v) is 26.4. The molecule has 0 unspecified atom stereocenters. The molecule has 3 nitrogen and oxygen atoms in total. The molecule has 12 aromatic rings.